The van der Waals surface area contributed by atoms with Crippen LogP contribution in [0.4, 0.5) is 0 Å². The van der Waals surface area contributed by atoms with Crippen molar-refractivity contribution in [3.63, 3.8) is 0 Å². The molecule has 0 amide bonds. The van der Waals surface area contributed by atoms with Gasteiger partial charge in [0.1, 0.15) is 0 Å². The van der Waals surface area contributed by atoms with E-state index in [1.165, 1.54) is 24.8 Å². The Labute approximate surface area is 110 Å². The highest BCUT2D eigenvalue weighted by Gasteiger charge is 2.38. The number of benzene rings is 1. The van der Waals surface area contributed by atoms with Crippen LogP contribution in [0.5, 0.6) is 0 Å². The molecule has 3 unspecified atom stereocenters. The SMILES string of the molecule is CC1CCC(C(C)(C)c2ccccc2)C(Cl)C1. The average Bonchev–Trinajstić information content (AvgIpc) is 2.29. The summed E-state index contributed by atoms with van der Waals surface area (Å²) in [5.74, 6) is 1.39. The summed E-state index contributed by atoms with van der Waals surface area (Å²) in [5.41, 5.74) is 1.61. The van der Waals surface area contributed by atoms with Gasteiger partial charge >= 0.3 is 0 Å². The van der Waals surface area contributed by atoms with E-state index < -0.39 is 0 Å². The Balaban J connectivity index is 2.21. The van der Waals surface area contributed by atoms with Gasteiger partial charge in [0.2, 0.25) is 0 Å². The molecule has 0 radical (unpaired) electrons. The monoisotopic (exact) mass is 250 g/mol. The van der Waals surface area contributed by atoms with E-state index in [0.29, 0.717) is 11.3 Å². The van der Waals surface area contributed by atoms with Crippen LogP contribution in [0.1, 0.15) is 45.6 Å². The molecular weight excluding hydrogens is 228 g/mol. The molecule has 3 atom stereocenters. The number of rotatable bonds is 2. The molecule has 0 nitrogen and oxygen atoms in total. The number of hydrogen-bond donors (Lipinski definition) is 0. The maximum absolute atomic E-state index is 6.61. The first-order valence-corrected chi connectivity index (χ1v) is 7.15. The van der Waals surface area contributed by atoms with E-state index >= 15 is 0 Å². The Hall–Kier alpha value is -0.490. The van der Waals surface area contributed by atoms with Crippen LogP contribution in [0.2, 0.25) is 0 Å². The van der Waals surface area contributed by atoms with Gasteiger partial charge in [-0.15, -0.1) is 11.6 Å². The minimum absolute atomic E-state index is 0.188. The predicted molar refractivity (Wildman–Crippen MR) is 75.6 cm³/mol. The van der Waals surface area contributed by atoms with Crippen molar-refractivity contribution in [2.24, 2.45) is 11.8 Å². The average molecular weight is 251 g/mol. The third kappa shape index (κ3) is 2.68. The quantitative estimate of drug-likeness (QED) is 0.648. The zero-order valence-corrected chi connectivity index (χ0v) is 11.9. The molecule has 0 saturated heterocycles. The number of halogens is 1. The third-order valence-electron chi connectivity index (χ3n) is 4.48. The van der Waals surface area contributed by atoms with Gasteiger partial charge in [-0.05, 0) is 35.7 Å². The minimum Gasteiger partial charge on any atom is -0.123 e. The van der Waals surface area contributed by atoms with Crippen molar-refractivity contribution in [2.45, 2.75) is 50.8 Å². The van der Waals surface area contributed by atoms with Gasteiger partial charge in [0.15, 0.2) is 0 Å². The highest BCUT2D eigenvalue weighted by atomic mass is 35.5. The van der Waals surface area contributed by atoms with E-state index in [-0.39, 0.29) is 5.41 Å². The second kappa shape index (κ2) is 5.02. The van der Waals surface area contributed by atoms with Crippen molar-refractivity contribution in [1.29, 1.82) is 0 Å². The van der Waals surface area contributed by atoms with E-state index in [2.05, 4.69) is 51.1 Å². The molecule has 1 fully saturated rings. The highest BCUT2D eigenvalue weighted by molar-refractivity contribution is 6.20. The van der Waals surface area contributed by atoms with Crippen molar-refractivity contribution in [3.8, 4) is 0 Å². The molecule has 0 bridgehead atoms. The van der Waals surface area contributed by atoms with Gasteiger partial charge in [0, 0.05) is 5.38 Å². The zero-order chi connectivity index (χ0) is 12.5. The fourth-order valence-electron chi connectivity index (χ4n) is 3.21. The molecule has 0 aliphatic heterocycles. The summed E-state index contributed by atoms with van der Waals surface area (Å²) in [6.07, 6.45) is 3.75. The van der Waals surface area contributed by atoms with Crippen LogP contribution < -0.4 is 0 Å². The molecule has 1 heteroatoms. The molecule has 1 aromatic rings. The Bertz CT molecular complexity index is 355. The molecule has 0 N–H and O–H groups in total. The van der Waals surface area contributed by atoms with Crippen LogP contribution in [-0.4, -0.2) is 5.38 Å². The van der Waals surface area contributed by atoms with Gasteiger partial charge in [0.25, 0.3) is 0 Å². The molecule has 2 rings (SSSR count). The summed E-state index contributed by atoms with van der Waals surface area (Å²) in [7, 11) is 0. The van der Waals surface area contributed by atoms with Gasteiger partial charge in [-0.1, -0.05) is 57.5 Å². The summed E-state index contributed by atoms with van der Waals surface area (Å²) >= 11 is 6.61. The summed E-state index contributed by atoms with van der Waals surface area (Å²) in [4.78, 5) is 0. The normalized spacial score (nSPS) is 30.2. The van der Waals surface area contributed by atoms with Crippen molar-refractivity contribution in [2.75, 3.05) is 0 Å². The Morgan fingerprint density at radius 2 is 1.76 bits per heavy atom. The van der Waals surface area contributed by atoms with Gasteiger partial charge in [-0.3, -0.25) is 0 Å². The van der Waals surface area contributed by atoms with Crippen molar-refractivity contribution >= 4 is 11.6 Å². The lowest BCUT2D eigenvalue weighted by Gasteiger charge is -2.42. The highest BCUT2D eigenvalue weighted by Crippen LogP contribution is 2.44. The van der Waals surface area contributed by atoms with Crippen LogP contribution in [0.15, 0.2) is 30.3 Å². The van der Waals surface area contributed by atoms with E-state index in [9.17, 15) is 0 Å². The van der Waals surface area contributed by atoms with Crippen LogP contribution in [-0.2, 0) is 5.41 Å². The Morgan fingerprint density at radius 3 is 2.35 bits per heavy atom. The molecule has 17 heavy (non-hydrogen) atoms. The lowest BCUT2D eigenvalue weighted by molar-refractivity contribution is 0.207. The maximum atomic E-state index is 6.61. The Kier molecular flexibility index (Phi) is 3.82. The van der Waals surface area contributed by atoms with Crippen LogP contribution in [0.3, 0.4) is 0 Å². The second-order valence-electron chi connectivity index (χ2n) is 6.13. The van der Waals surface area contributed by atoms with Crippen molar-refractivity contribution in [1.82, 2.24) is 0 Å². The maximum Gasteiger partial charge on any atom is 0.0375 e. The lowest BCUT2D eigenvalue weighted by Crippen LogP contribution is -2.38. The standard InChI is InChI=1S/C16H23Cl/c1-12-9-10-14(15(17)11-12)16(2,3)13-7-5-4-6-8-13/h4-8,12,14-15H,9-11H2,1-3H3. The molecule has 1 aromatic carbocycles. The predicted octanol–water partition coefficient (Wildman–Crippen LogP) is 5.01. The van der Waals surface area contributed by atoms with Crippen LogP contribution >= 0.6 is 11.6 Å². The topological polar surface area (TPSA) is 0 Å². The van der Waals surface area contributed by atoms with Gasteiger partial charge in [-0.2, -0.15) is 0 Å². The lowest BCUT2D eigenvalue weighted by atomic mass is 9.66. The van der Waals surface area contributed by atoms with Crippen molar-refractivity contribution < 1.29 is 0 Å². The number of alkyl halides is 1. The van der Waals surface area contributed by atoms with Gasteiger partial charge in [-0.25, -0.2) is 0 Å². The fraction of sp³-hybridized carbons (Fsp3) is 0.625. The molecule has 0 aromatic heterocycles. The summed E-state index contributed by atoms with van der Waals surface area (Å²) in [5, 5.41) is 0.328. The second-order valence-corrected chi connectivity index (χ2v) is 6.69. The fourth-order valence-corrected chi connectivity index (χ4v) is 3.95. The first kappa shape index (κ1) is 13.0. The van der Waals surface area contributed by atoms with Crippen molar-refractivity contribution in [3.05, 3.63) is 35.9 Å². The molecule has 0 spiro atoms. The van der Waals surface area contributed by atoms with E-state index in [1.54, 1.807) is 0 Å². The molecule has 0 heterocycles. The first-order valence-electron chi connectivity index (χ1n) is 6.71. The third-order valence-corrected chi connectivity index (χ3v) is 4.96. The van der Waals surface area contributed by atoms with Crippen LogP contribution in [0.25, 0.3) is 0 Å². The Morgan fingerprint density at radius 1 is 1.12 bits per heavy atom. The minimum atomic E-state index is 0.188. The van der Waals surface area contributed by atoms with Gasteiger partial charge < -0.3 is 0 Å². The van der Waals surface area contributed by atoms with E-state index in [1.807, 2.05) is 0 Å². The number of hydrogen-bond acceptors (Lipinski definition) is 0. The largest absolute Gasteiger partial charge is 0.123 e. The van der Waals surface area contributed by atoms with Crippen LogP contribution in [0, 0.1) is 11.8 Å². The summed E-state index contributed by atoms with van der Waals surface area (Å²) < 4.78 is 0. The summed E-state index contributed by atoms with van der Waals surface area (Å²) in [6, 6.07) is 10.8. The van der Waals surface area contributed by atoms with E-state index in [4.69, 9.17) is 11.6 Å². The molecular formula is C16H23Cl. The zero-order valence-electron chi connectivity index (χ0n) is 11.1. The van der Waals surface area contributed by atoms with E-state index in [0.717, 1.165) is 5.92 Å². The molecule has 1 aliphatic carbocycles. The molecule has 94 valence electrons. The van der Waals surface area contributed by atoms with Gasteiger partial charge in [0.05, 0.1) is 0 Å². The first-order chi connectivity index (χ1) is 8.01. The summed E-state index contributed by atoms with van der Waals surface area (Å²) in [6.45, 7) is 7.01. The molecule has 1 saturated carbocycles. The molecule has 1 aliphatic rings. The smallest absolute Gasteiger partial charge is 0.0375 e.